The van der Waals surface area contributed by atoms with Gasteiger partial charge in [-0.3, -0.25) is 0 Å². The molecule has 7 heavy (non-hydrogen) atoms. The molecule has 1 unspecified atom stereocenters. The molecule has 0 saturated carbocycles. The third kappa shape index (κ3) is 2.22. The fourth-order valence-electron chi connectivity index (χ4n) is 0.381. The van der Waals surface area contributed by atoms with Crippen molar-refractivity contribution >= 4 is 30.2 Å². The maximum atomic E-state index is 5.17. The SMILES string of the molecule is SP1OCCCS1. The van der Waals surface area contributed by atoms with Gasteiger partial charge in [0.25, 0.3) is 0 Å². The highest BCUT2D eigenvalue weighted by molar-refractivity contribution is 8.82. The zero-order valence-corrected chi connectivity index (χ0v) is 6.44. The van der Waals surface area contributed by atoms with Crippen LogP contribution in [0.5, 0.6) is 0 Å². The minimum atomic E-state index is -0.381. The summed E-state index contributed by atoms with van der Waals surface area (Å²) >= 11 is 5.99. The summed E-state index contributed by atoms with van der Waals surface area (Å²) in [5.74, 6) is 1.23. The molecule has 1 rings (SSSR count). The van der Waals surface area contributed by atoms with Crippen molar-refractivity contribution in [1.29, 1.82) is 0 Å². The van der Waals surface area contributed by atoms with E-state index in [0.717, 1.165) is 6.61 Å². The molecular weight excluding hydrogens is 147 g/mol. The predicted molar refractivity (Wildman–Crippen MR) is 38.9 cm³/mol. The van der Waals surface area contributed by atoms with Gasteiger partial charge in [-0.2, -0.15) is 0 Å². The van der Waals surface area contributed by atoms with Crippen molar-refractivity contribution in [3.63, 3.8) is 0 Å². The molecule has 0 aliphatic carbocycles. The first kappa shape index (κ1) is 6.21. The van der Waals surface area contributed by atoms with Crippen LogP contribution in [0.4, 0.5) is 0 Å². The van der Waals surface area contributed by atoms with Gasteiger partial charge in [-0.05, 0) is 6.42 Å². The Morgan fingerprint density at radius 1 is 1.71 bits per heavy atom. The van der Waals surface area contributed by atoms with E-state index in [1.165, 1.54) is 12.2 Å². The lowest BCUT2D eigenvalue weighted by atomic mass is 10.5. The summed E-state index contributed by atoms with van der Waals surface area (Å²) in [6.07, 6.45) is 1.20. The van der Waals surface area contributed by atoms with Crippen LogP contribution in [-0.4, -0.2) is 12.4 Å². The van der Waals surface area contributed by atoms with E-state index >= 15 is 0 Å². The standard InChI is InChI=1S/C3H7OPS2/c6-5-4-2-1-3-7-5/h6H,1-3H2. The van der Waals surface area contributed by atoms with Crippen LogP contribution >= 0.6 is 30.2 Å². The van der Waals surface area contributed by atoms with E-state index < -0.39 is 0 Å². The molecule has 0 aromatic carbocycles. The Labute approximate surface area is 53.9 Å². The Morgan fingerprint density at radius 3 is 2.86 bits per heavy atom. The van der Waals surface area contributed by atoms with Crippen molar-refractivity contribution in [3.05, 3.63) is 0 Å². The van der Waals surface area contributed by atoms with Gasteiger partial charge in [0.2, 0.25) is 0 Å². The number of rotatable bonds is 0. The zero-order chi connectivity index (χ0) is 5.11. The minimum Gasteiger partial charge on any atom is -0.339 e. The Bertz CT molecular complexity index is 54.9. The lowest BCUT2D eigenvalue weighted by Gasteiger charge is -2.14. The van der Waals surface area contributed by atoms with Gasteiger partial charge in [0.1, 0.15) is 6.55 Å². The quantitative estimate of drug-likeness (QED) is 0.423. The molecule has 1 saturated heterocycles. The lowest BCUT2D eigenvalue weighted by Crippen LogP contribution is -1.93. The van der Waals surface area contributed by atoms with Crippen molar-refractivity contribution in [2.45, 2.75) is 6.42 Å². The van der Waals surface area contributed by atoms with Crippen molar-refractivity contribution in [3.8, 4) is 0 Å². The number of hydrogen-bond donors (Lipinski definition) is 1. The van der Waals surface area contributed by atoms with Crippen molar-refractivity contribution in [1.82, 2.24) is 0 Å². The Balaban J connectivity index is 2.12. The highest BCUT2D eigenvalue weighted by Gasteiger charge is 2.08. The summed E-state index contributed by atoms with van der Waals surface area (Å²) in [5.41, 5.74) is 0. The highest BCUT2D eigenvalue weighted by atomic mass is 33.1. The molecule has 0 radical (unpaired) electrons. The Kier molecular flexibility index (Phi) is 2.82. The second-order valence-electron chi connectivity index (χ2n) is 1.26. The van der Waals surface area contributed by atoms with E-state index in [0.29, 0.717) is 0 Å². The van der Waals surface area contributed by atoms with Gasteiger partial charge in [-0.1, -0.05) is 11.4 Å². The maximum Gasteiger partial charge on any atom is 0.148 e. The highest BCUT2D eigenvalue weighted by Crippen LogP contribution is 2.57. The molecule has 1 atom stereocenters. The van der Waals surface area contributed by atoms with Crippen LogP contribution in [0, 0.1) is 0 Å². The van der Waals surface area contributed by atoms with Crippen LogP contribution in [0.1, 0.15) is 6.42 Å². The maximum absolute atomic E-state index is 5.17. The van der Waals surface area contributed by atoms with Crippen LogP contribution in [0.2, 0.25) is 0 Å². The number of hydrogen-bond acceptors (Lipinski definition) is 3. The molecule has 0 bridgehead atoms. The molecule has 0 aromatic heterocycles. The first-order valence-corrected chi connectivity index (χ1v) is 6.15. The number of thiol groups is 1. The van der Waals surface area contributed by atoms with E-state index in [9.17, 15) is 0 Å². The van der Waals surface area contributed by atoms with Gasteiger partial charge in [0.15, 0.2) is 0 Å². The average molecular weight is 154 g/mol. The second kappa shape index (κ2) is 3.18. The summed E-state index contributed by atoms with van der Waals surface area (Å²) in [6, 6.07) is 0. The van der Waals surface area contributed by atoms with Crippen molar-refractivity contribution in [2.75, 3.05) is 12.4 Å². The molecule has 1 aliphatic heterocycles. The largest absolute Gasteiger partial charge is 0.339 e. The topological polar surface area (TPSA) is 9.23 Å². The van der Waals surface area contributed by atoms with Gasteiger partial charge in [-0.15, -0.1) is 12.2 Å². The predicted octanol–water partition coefficient (Wildman–Crippen LogP) is 2.30. The fraction of sp³-hybridized carbons (Fsp3) is 1.00. The third-order valence-electron chi connectivity index (χ3n) is 0.692. The zero-order valence-electron chi connectivity index (χ0n) is 3.83. The monoisotopic (exact) mass is 154 g/mol. The first-order valence-electron chi connectivity index (χ1n) is 2.14. The minimum absolute atomic E-state index is 0.381. The summed E-state index contributed by atoms with van der Waals surface area (Å²) in [4.78, 5) is 0. The first-order chi connectivity index (χ1) is 3.39. The smallest absolute Gasteiger partial charge is 0.148 e. The molecule has 1 aliphatic rings. The molecule has 1 nitrogen and oxygen atoms in total. The van der Waals surface area contributed by atoms with Gasteiger partial charge >= 0.3 is 0 Å². The fourth-order valence-corrected chi connectivity index (χ4v) is 3.43. The Morgan fingerprint density at radius 2 is 2.57 bits per heavy atom. The van der Waals surface area contributed by atoms with E-state index in [1.54, 1.807) is 0 Å². The summed E-state index contributed by atoms with van der Waals surface area (Å²) in [6.45, 7) is 0.538. The van der Waals surface area contributed by atoms with Crippen LogP contribution in [0.15, 0.2) is 0 Å². The molecule has 1 fully saturated rings. The third-order valence-corrected chi connectivity index (χ3v) is 4.70. The summed E-state index contributed by atoms with van der Waals surface area (Å²) in [7, 11) is 0. The normalized spacial score (nSPS) is 33.0. The van der Waals surface area contributed by atoms with E-state index in [4.69, 9.17) is 4.52 Å². The van der Waals surface area contributed by atoms with Crippen molar-refractivity contribution < 1.29 is 4.52 Å². The summed E-state index contributed by atoms with van der Waals surface area (Å²) in [5, 5.41) is 0. The average Bonchev–Trinajstić information content (AvgIpc) is 1.69. The molecule has 0 amide bonds. The van der Waals surface area contributed by atoms with Gasteiger partial charge in [-0.25, -0.2) is 0 Å². The molecule has 1 heterocycles. The van der Waals surface area contributed by atoms with Crippen LogP contribution < -0.4 is 0 Å². The molecule has 0 aromatic rings. The van der Waals surface area contributed by atoms with Gasteiger partial charge in [0.05, 0.1) is 6.61 Å². The molecule has 0 N–H and O–H groups in total. The molecule has 42 valence electrons. The Hall–Kier alpha value is 1.09. The summed E-state index contributed by atoms with van der Waals surface area (Å²) < 4.78 is 5.17. The molecule has 0 spiro atoms. The van der Waals surface area contributed by atoms with Crippen molar-refractivity contribution in [2.24, 2.45) is 0 Å². The van der Waals surface area contributed by atoms with E-state index in [2.05, 4.69) is 12.2 Å². The van der Waals surface area contributed by atoms with E-state index in [-0.39, 0.29) is 6.55 Å². The van der Waals surface area contributed by atoms with E-state index in [1.807, 2.05) is 11.4 Å². The molecular formula is C3H7OPS2. The second-order valence-corrected chi connectivity index (χ2v) is 6.33. The van der Waals surface area contributed by atoms with Gasteiger partial charge < -0.3 is 4.52 Å². The van der Waals surface area contributed by atoms with Crippen LogP contribution in [0.3, 0.4) is 0 Å². The van der Waals surface area contributed by atoms with Gasteiger partial charge in [0, 0.05) is 5.75 Å². The van der Waals surface area contributed by atoms with Crippen LogP contribution in [-0.2, 0) is 4.52 Å². The van der Waals surface area contributed by atoms with Crippen LogP contribution in [0.25, 0.3) is 0 Å². The molecule has 4 heteroatoms. The lowest BCUT2D eigenvalue weighted by molar-refractivity contribution is 0.364.